The van der Waals surface area contributed by atoms with Crippen LogP contribution >= 0.6 is 0 Å². The fraction of sp³-hybridized carbons (Fsp3) is 0.814. The highest BCUT2D eigenvalue weighted by Gasteiger charge is 2.33. The van der Waals surface area contributed by atoms with Crippen LogP contribution in [0.1, 0.15) is 168 Å². The van der Waals surface area contributed by atoms with E-state index in [0.29, 0.717) is 57.7 Å². The number of H-pyrrole nitrogens is 1. The Balaban J connectivity index is 1.96. The van der Waals surface area contributed by atoms with Crippen LogP contribution in [0.2, 0.25) is 0 Å². The summed E-state index contributed by atoms with van der Waals surface area (Å²) < 4.78 is 10.9. The number of ketones is 1. The Labute approximate surface area is 343 Å². The molecule has 0 radical (unpaired) electrons. The number of nitrogens with zero attached hydrogens (tertiary/aromatic N) is 1. The second-order valence-electron chi connectivity index (χ2n) is 16.0. The molecule has 328 valence electrons. The highest BCUT2D eigenvalue weighted by Crippen LogP contribution is 2.19. The van der Waals surface area contributed by atoms with Crippen LogP contribution in [-0.2, 0) is 39.9 Å². The minimum absolute atomic E-state index is 0.0550. The van der Waals surface area contributed by atoms with Crippen LogP contribution < -0.4 is 27.4 Å². The van der Waals surface area contributed by atoms with Crippen molar-refractivity contribution >= 4 is 29.4 Å². The maximum atomic E-state index is 13.0. The van der Waals surface area contributed by atoms with Gasteiger partial charge in [-0.3, -0.25) is 24.0 Å². The van der Waals surface area contributed by atoms with Crippen molar-refractivity contribution in [3.63, 3.8) is 0 Å². The molecule has 0 aromatic carbocycles. The number of nitrogens with one attached hydrogen (secondary N) is 4. The molecule has 1 unspecified atom stereocenters. The standard InChI is InChI=1S/C43H79N7O7/c1-4-5-6-7-8-9-10-11-12-13-14-15-16-17-18-19-20-24-39(52)48-26-27-56-28-29-57-33-40(53)47-25-22-21-23-35(41(45)54)30-38(51)43(2,3)50-42(55)37(44)31-36-32-46-34-49-36/h32,34-35,37H,4-31,33,44H2,1-3H3,(H2,45,54)(H,46,49)(H,47,53)(H,48,52)(H,50,55)/t35?,37-/m0/s1. The van der Waals surface area contributed by atoms with Gasteiger partial charge >= 0.3 is 0 Å². The smallest absolute Gasteiger partial charge is 0.245 e. The van der Waals surface area contributed by atoms with Gasteiger partial charge in [0.1, 0.15) is 6.61 Å². The summed E-state index contributed by atoms with van der Waals surface area (Å²) in [5.41, 5.74) is 11.0. The van der Waals surface area contributed by atoms with Crippen molar-refractivity contribution < 1.29 is 33.4 Å². The Morgan fingerprint density at radius 3 is 1.86 bits per heavy atom. The van der Waals surface area contributed by atoms with E-state index in [-0.39, 0.29) is 43.7 Å². The highest BCUT2D eigenvalue weighted by molar-refractivity contribution is 5.95. The van der Waals surface area contributed by atoms with E-state index in [4.69, 9.17) is 20.9 Å². The molecule has 1 rings (SSSR count). The molecule has 1 aromatic rings. The lowest BCUT2D eigenvalue weighted by molar-refractivity contribution is -0.134. The van der Waals surface area contributed by atoms with Crippen molar-refractivity contribution in [1.29, 1.82) is 0 Å². The fourth-order valence-corrected chi connectivity index (χ4v) is 6.56. The lowest BCUT2D eigenvalue weighted by Gasteiger charge is -2.28. The maximum Gasteiger partial charge on any atom is 0.245 e. The van der Waals surface area contributed by atoms with E-state index in [1.165, 1.54) is 103 Å². The third kappa shape index (κ3) is 28.7. The number of hydrogen-bond donors (Lipinski definition) is 6. The lowest BCUT2D eigenvalue weighted by atomic mass is 9.87. The first-order valence-corrected chi connectivity index (χ1v) is 22.0. The minimum atomic E-state index is -1.24. The number of imidazole rings is 1. The summed E-state index contributed by atoms with van der Waals surface area (Å²) in [7, 11) is 0. The molecule has 0 aliphatic heterocycles. The molecule has 8 N–H and O–H groups in total. The van der Waals surface area contributed by atoms with Gasteiger partial charge in [-0.2, -0.15) is 0 Å². The van der Waals surface area contributed by atoms with E-state index in [9.17, 15) is 24.0 Å². The Hall–Kier alpha value is -3.36. The van der Waals surface area contributed by atoms with Crippen molar-refractivity contribution in [2.45, 2.75) is 180 Å². The zero-order valence-electron chi connectivity index (χ0n) is 35.8. The molecule has 0 bridgehead atoms. The van der Waals surface area contributed by atoms with Crippen LogP contribution in [-0.4, -0.2) is 90.5 Å². The first kappa shape index (κ1) is 51.7. The van der Waals surface area contributed by atoms with Gasteiger partial charge in [0.15, 0.2) is 5.78 Å². The number of ether oxygens (including phenoxy) is 2. The van der Waals surface area contributed by atoms with Crippen molar-refractivity contribution in [3.05, 3.63) is 18.2 Å². The Morgan fingerprint density at radius 1 is 0.737 bits per heavy atom. The zero-order valence-corrected chi connectivity index (χ0v) is 35.8. The van der Waals surface area contributed by atoms with Gasteiger partial charge < -0.3 is 41.9 Å². The van der Waals surface area contributed by atoms with Crippen molar-refractivity contribution in [3.8, 4) is 0 Å². The second kappa shape index (κ2) is 33.6. The van der Waals surface area contributed by atoms with E-state index < -0.39 is 29.3 Å². The number of unbranched alkanes of at least 4 members (excludes halogenated alkanes) is 17. The maximum absolute atomic E-state index is 13.0. The number of Topliss-reactive ketones (excluding diaryl/α,β-unsaturated/α-hetero) is 1. The number of aromatic amines is 1. The van der Waals surface area contributed by atoms with Gasteiger partial charge in [-0.05, 0) is 33.1 Å². The van der Waals surface area contributed by atoms with E-state index in [0.717, 1.165) is 12.8 Å². The SMILES string of the molecule is CCCCCCCCCCCCCCCCCCCC(=O)NCCOCCOCC(=O)NCCCCC(CC(=O)C(C)(C)NC(=O)[C@@H](N)Cc1cnc[nH]1)C(N)=O. The van der Waals surface area contributed by atoms with Gasteiger partial charge in [0.25, 0.3) is 0 Å². The summed E-state index contributed by atoms with van der Waals surface area (Å²) in [6.45, 7) is 7.08. The number of carbonyl (C=O) groups is 5. The molecule has 0 saturated carbocycles. The third-order valence-corrected chi connectivity index (χ3v) is 10.3. The molecule has 1 aromatic heterocycles. The number of primary amides is 1. The molecule has 14 heteroatoms. The van der Waals surface area contributed by atoms with Gasteiger partial charge in [0.05, 0.1) is 37.7 Å². The minimum Gasteiger partial charge on any atom is -0.377 e. The molecule has 0 saturated heterocycles. The van der Waals surface area contributed by atoms with Crippen LogP contribution in [0.4, 0.5) is 0 Å². The first-order chi connectivity index (χ1) is 27.5. The predicted octanol–water partition coefficient (Wildman–Crippen LogP) is 5.71. The molecule has 1 heterocycles. The molecule has 0 fully saturated rings. The van der Waals surface area contributed by atoms with E-state index in [1.807, 2.05) is 0 Å². The summed E-state index contributed by atoms with van der Waals surface area (Å²) in [4.78, 5) is 68.7. The third-order valence-electron chi connectivity index (χ3n) is 10.3. The van der Waals surface area contributed by atoms with Crippen molar-refractivity contribution in [1.82, 2.24) is 25.9 Å². The second-order valence-corrected chi connectivity index (χ2v) is 16.0. The zero-order chi connectivity index (χ0) is 42.0. The topological polar surface area (TPSA) is 221 Å². The summed E-state index contributed by atoms with van der Waals surface area (Å²) in [6.07, 6.45) is 27.7. The van der Waals surface area contributed by atoms with Crippen LogP contribution in [0, 0.1) is 5.92 Å². The fourth-order valence-electron chi connectivity index (χ4n) is 6.56. The van der Waals surface area contributed by atoms with E-state index >= 15 is 0 Å². The summed E-state index contributed by atoms with van der Waals surface area (Å²) in [5.74, 6) is -2.33. The lowest BCUT2D eigenvalue weighted by Crippen LogP contribution is -2.55. The number of amides is 4. The van der Waals surface area contributed by atoms with Crippen LogP contribution in [0.25, 0.3) is 0 Å². The van der Waals surface area contributed by atoms with Gasteiger partial charge in [0, 0.05) is 50.2 Å². The molecular formula is C43H79N7O7. The molecular weight excluding hydrogens is 727 g/mol. The largest absolute Gasteiger partial charge is 0.377 e. The van der Waals surface area contributed by atoms with Crippen LogP contribution in [0.5, 0.6) is 0 Å². The molecule has 0 aliphatic rings. The molecule has 0 aliphatic carbocycles. The quantitative estimate of drug-likeness (QED) is 0.0448. The average molecular weight is 806 g/mol. The summed E-state index contributed by atoms with van der Waals surface area (Å²) >= 11 is 0. The molecule has 4 amide bonds. The van der Waals surface area contributed by atoms with Gasteiger partial charge in [-0.15, -0.1) is 0 Å². The summed E-state index contributed by atoms with van der Waals surface area (Å²) in [6, 6.07) is -0.878. The molecule has 14 nitrogen and oxygen atoms in total. The van der Waals surface area contributed by atoms with Crippen molar-refractivity contribution in [2.75, 3.05) is 39.5 Å². The molecule has 2 atom stereocenters. The summed E-state index contributed by atoms with van der Waals surface area (Å²) in [5, 5.41) is 8.34. The Bertz CT molecular complexity index is 1210. The van der Waals surface area contributed by atoms with Crippen molar-refractivity contribution in [2.24, 2.45) is 17.4 Å². The van der Waals surface area contributed by atoms with E-state index in [2.05, 4.69) is 32.8 Å². The number of hydrogen-bond acceptors (Lipinski definition) is 9. The van der Waals surface area contributed by atoms with Crippen LogP contribution in [0.3, 0.4) is 0 Å². The average Bonchev–Trinajstić information content (AvgIpc) is 3.69. The number of aromatic nitrogens is 2. The van der Waals surface area contributed by atoms with Crippen LogP contribution in [0.15, 0.2) is 12.5 Å². The molecule has 0 spiro atoms. The Kier molecular flexibility index (Phi) is 30.4. The van der Waals surface area contributed by atoms with E-state index in [1.54, 1.807) is 20.0 Å². The predicted molar refractivity (Wildman–Crippen MR) is 225 cm³/mol. The first-order valence-electron chi connectivity index (χ1n) is 22.0. The Morgan fingerprint density at radius 2 is 1.30 bits per heavy atom. The van der Waals surface area contributed by atoms with Gasteiger partial charge in [0.2, 0.25) is 23.6 Å². The number of rotatable bonds is 39. The van der Waals surface area contributed by atoms with Gasteiger partial charge in [-0.1, -0.05) is 116 Å². The highest BCUT2D eigenvalue weighted by atomic mass is 16.5. The monoisotopic (exact) mass is 806 g/mol. The molecule has 57 heavy (non-hydrogen) atoms. The number of nitrogens with two attached hydrogens (primary N) is 2. The number of carbonyl (C=O) groups excluding carboxylic acids is 5. The van der Waals surface area contributed by atoms with Gasteiger partial charge in [-0.25, -0.2) is 4.98 Å². The normalized spacial score (nSPS) is 12.6.